The number of rotatable bonds is 4. The van der Waals surface area contributed by atoms with Crippen LogP contribution >= 0.6 is 0 Å². The third-order valence-electron chi connectivity index (χ3n) is 6.86. The number of nitrogens with one attached hydrogen (secondary N) is 1. The summed E-state index contributed by atoms with van der Waals surface area (Å²) in [7, 11) is 1.73. The van der Waals surface area contributed by atoms with Crippen LogP contribution in [-0.4, -0.2) is 63.2 Å². The first kappa shape index (κ1) is 18.6. The Balaban J connectivity index is 1.32. The van der Waals surface area contributed by atoms with Crippen LogP contribution in [0.4, 0.5) is 5.69 Å². The Hall–Kier alpha value is -1.75. The molecule has 0 radical (unpaired) electrons. The zero-order valence-electron chi connectivity index (χ0n) is 16.7. The van der Waals surface area contributed by atoms with Gasteiger partial charge in [0.1, 0.15) is 5.75 Å². The van der Waals surface area contributed by atoms with Crippen LogP contribution in [0.1, 0.15) is 38.5 Å². The molecule has 3 aliphatic rings. The lowest BCUT2D eigenvalue weighted by molar-refractivity contribution is -0.892. The minimum absolute atomic E-state index is 0.396. The number of quaternary nitrogens is 1. The maximum Gasteiger partial charge on any atom is 0.278 e. The molecule has 2 saturated heterocycles. The van der Waals surface area contributed by atoms with E-state index in [-0.39, 0.29) is 0 Å². The molecule has 0 aromatic heterocycles. The third-order valence-corrected chi connectivity index (χ3v) is 6.86. The van der Waals surface area contributed by atoms with E-state index in [0.717, 1.165) is 44.4 Å². The van der Waals surface area contributed by atoms with E-state index in [4.69, 9.17) is 4.74 Å². The number of amides is 1. The van der Waals surface area contributed by atoms with Gasteiger partial charge in [-0.1, -0.05) is 25.0 Å². The number of hydrogen-bond donors (Lipinski definition) is 1. The first-order valence-electron chi connectivity index (χ1n) is 10.8. The average Bonchev–Trinajstić information content (AvgIpc) is 2.74. The van der Waals surface area contributed by atoms with Crippen LogP contribution in [0.15, 0.2) is 24.3 Å². The lowest BCUT2D eigenvalue weighted by Crippen LogP contribution is -3.16. The van der Waals surface area contributed by atoms with Crippen molar-refractivity contribution in [3.63, 3.8) is 0 Å². The quantitative estimate of drug-likeness (QED) is 0.872. The molecule has 148 valence electrons. The molecule has 27 heavy (non-hydrogen) atoms. The zero-order chi connectivity index (χ0) is 18.6. The second-order valence-electron chi connectivity index (χ2n) is 8.43. The highest BCUT2D eigenvalue weighted by atomic mass is 16.5. The molecule has 1 aromatic carbocycles. The van der Waals surface area contributed by atoms with Gasteiger partial charge >= 0.3 is 0 Å². The Kier molecular flexibility index (Phi) is 5.86. The summed E-state index contributed by atoms with van der Waals surface area (Å²) >= 11 is 0. The number of fused-ring (bicyclic) bond motifs is 1. The second kappa shape index (κ2) is 8.51. The number of anilines is 1. The number of nitrogens with zero attached hydrogens (tertiary/aromatic N) is 2. The fraction of sp³-hybridized carbons (Fsp3) is 0.682. The van der Waals surface area contributed by atoms with Gasteiger partial charge < -0.3 is 19.4 Å². The van der Waals surface area contributed by atoms with Crippen molar-refractivity contribution in [2.45, 2.75) is 44.6 Å². The number of likely N-dealkylation sites (tertiary alicyclic amines) is 1. The Labute approximate surface area is 163 Å². The molecule has 2 heterocycles. The maximum atomic E-state index is 13.0. The largest absolute Gasteiger partial charge is 0.495 e. The first-order chi connectivity index (χ1) is 13.3. The molecule has 2 aliphatic heterocycles. The average molecular weight is 373 g/mol. The smallest absolute Gasteiger partial charge is 0.278 e. The fourth-order valence-electron chi connectivity index (χ4n) is 5.38. The van der Waals surface area contributed by atoms with E-state index >= 15 is 0 Å². The SMILES string of the molecule is COc1ccccc1N1CC[NH+](CC(=O)N2CCC[C@@H]3CCCC[C@@H]32)CC1. The summed E-state index contributed by atoms with van der Waals surface area (Å²) in [5.74, 6) is 2.11. The van der Waals surface area contributed by atoms with Gasteiger partial charge in [0, 0.05) is 12.6 Å². The van der Waals surface area contributed by atoms with Crippen LogP contribution in [0.25, 0.3) is 0 Å². The first-order valence-corrected chi connectivity index (χ1v) is 10.8. The number of benzene rings is 1. The highest BCUT2D eigenvalue weighted by Crippen LogP contribution is 2.35. The Morgan fingerprint density at radius 1 is 1.07 bits per heavy atom. The number of piperazine rings is 1. The van der Waals surface area contributed by atoms with Crippen LogP contribution in [0.2, 0.25) is 0 Å². The molecule has 3 fully saturated rings. The van der Waals surface area contributed by atoms with Crippen LogP contribution in [0.5, 0.6) is 5.75 Å². The minimum atomic E-state index is 0.396. The van der Waals surface area contributed by atoms with Crippen LogP contribution < -0.4 is 14.5 Å². The summed E-state index contributed by atoms with van der Waals surface area (Å²) in [6, 6.07) is 8.77. The molecule has 0 bridgehead atoms. The van der Waals surface area contributed by atoms with Crippen molar-refractivity contribution in [3.8, 4) is 5.75 Å². The van der Waals surface area contributed by atoms with Gasteiger partial charge in [-0.05, 0) is 43.7 Å². The third kappa shape index (κ3) is 4.08. The molecule has 2 atom stereocenters. The second-order valence-corrected chi connectivity index (χ2v) is 8.43. The topological polar surface area (TPSA) is 37.2 Å². The summed E-state index contributed by atoms with van der Waals surface area (Å²) in [4.78, 5) is 19.1. The summed E-state index contributed by atoms with van der Waals surface area (Å²) < 4.78 is 5.51. The van der Waals surface area contributed by atoms with Crippen LogP contribution in [-0.2, 0) is 4.79 Å². The maximum absolute atomic E-state index is 13.0. The number of piperidine rings is 1. The van der Waals surface area contributed by atoms with Crippen molar-refractivity contribution in [2.24, 2.45) is 5.92 Å². The molecular formula is C22H34N3O2+. The number of ether oxygens (including phenoxy) is 1. The van der Waals surface area contributed by atoms with E-state index in [9.17, 15) is 4.79 Å². The van der Waals surface area contributed by atoms with Gasteiger partial charge in [-0.2, -0.15) is 0 Å². The lowest BCUT2D eigenvalue weighted by atomic mass is 9.78. The molecule has 5 heteroatoms. The zero-order valence-corrected chi connectivity index (χ0v) is 16.7. The number of carbonyl (C=O) groups is 1. The Bertz CT molecular complexity index is 640. The van der Waals surface area contributed by atoms with Gasteiger partial charge in [-0.15, -0.1) is 0 Å². The van der Waals surface area contributed by atoms with Crippen molar-refractivity contribution < 1.29 is 14.4 Å². The van der Waals surface area contributed by atoms with E-state index in [1.807, 2.05) is 12.1 Å². The van der Waals surface area contributed by atoms with E-state index in [0.29, 0.717) is 18.5 Å². The highest BCUT2D eigenvalue weighted by molar-refractivity contribution is 5.77. The molecule has 1 saturated carbocycles. The molecule has 0 spiro atoms. The van der Waals surface area contributed by atoms with Crippen molar-refractivity contribution in [2.75, 3.05) is 51.3 Å². The highest BCUT2D eigenvalue weighted by Gasteiger charge is 2.37. The molecule has 1 amide bonds. The van der Waals surface area contributed by atoms with E-state index in [1.54, 1.807) is 7.11 Å². The van der Waals surface area contributed by atoms with Gasteiger partial charge in [-0.25, -0.2) is 0 Å². The van der Waals surface area contributed by atoms with Gasteiger partial charge in [0.25, 0.3) is 5.91 Å². The monoisotopic (exact) mass is 372 g/mol. The van der Waals surface area contributed by atoms with E-state index in [2.05, 4.69) is 21.9 Å². The predicted molar refractivity (Wildman–Crippen MR) is 107 cm³/mol. The number of methoxy groups -OCH3 is 1. The minimum Gasteiger partial charge on any atom is -0.495 e. The molecule has 0 unspecified atom stereocenters. The molecule has 4 rings (SSSR count). The van der Waals surface area contributed by atoms with Gasteiger partial charge in [0.2, 0.25) is 0 Å². The van der Waals surface area contributed by atoms with Gasteiger partial charge in [0.05, 0.1) is 39.0 Å². The van der Waals surface area contributed by atoms with Crippen molar-refractivity contribution in [1.29, 1.82) is 0 Å². The summed E-state index contributed by atoms with van der Waals surface area (Å²) in [5.41, 5.74) is 1.17. The molecule has 1 aliphatic carbocycles. The molecular weight excluding hydrogens is 338 g/mol. The summed E-state index contributed by atoms with van der Waals surface area (Å²) in [6.07, 6.45) is 7.75. The standard InChI is InChI=1S/C22H33N3O2/c1-27-21-11-5-4-10-20(21)24-15-13-23(14-16-24)17-22(26)25-12-6-8-18-7-2-3-9-19(18)25/h4-5,10-11,18-19H,2-3,6-9,12-17H2,1H3/p+1/t18-,19-/m0/s1. The molecule has 1 aromatic rings. The van der Waals surface area contributed by atoms with E-state index < -0.39 is 0 Å². The van der Waals surface area contributed by atoms with Crippen LogP contribution in [0.3, 0.4) is 0 Å². The van der Waals surface area contributed by atoms with Crippen molar-refractivity contribution in [3.05, 3.63) is 24.3 Å². The van der Waals surface area contributed by atoms with E-state index in [1.165, 1.54) is 49.1 Å². The Morgan fingerprint density at radius 2 is 1.81 bits per heavy atom. The molecule has 1 N–H and O–H groups in total. The normalized spacial score (nSPS) is 26.6. The number of carbonyl (C=O) groups excluding carboxylic acids is 1. The number of para-hydroxylation sites is 2. The molecule has 5 nitrogen and oxygen atoms in total. The summed E-state index contributed by atoms with van der Waals surface area (Å²) in [5, 5.41) is 0. The number of hydrogen-bond acceptors (Lipinski definition) is 3. The van der Waals surface area contributed by atoms with Crippen molar-refractivity contribution in [1.82, 2.24) is 4.90 Å². The fourth-order valence-corrected chi connectivity index (χ4v) is 5.38. The van der Waals surface area contributed by atoms with Crippen LogP contribution in [0, 0.1) is 5.92 Å². The Morgan fingerprint density at radius 3 is 2.63 bits per heavy atom. The summed E-state index contributed by atoms with van der Waals surface area (Å²) in [6.45, 7) is 5.66. The van der Waals surface area contributed by atoms with Crippen molar-refractivity contribution >= 4 is 11.6 Å². The predicted octanol–water partition coefficient (Wildman–Crippen LogP) is 1.58. The van der Waals surface area contributed by atoms with Gasteiger partial charge in [0.15, 0.2) is 6.54 Å². The van der Waals surface area contributed by atoms with Gasteiger partial charge in [-0.3, -0.25) is 4.79 Å². The lowest BCUT2D eigenvalue weighted by Gasteiger charge is -2.44.